The van der Waals surface area contributed by atoms with Crippen LogP contribution in [-0.2, 0) is 11.3 Å². The lowest BCUT2D eigenvalue weighted by Gasteiger charge is -2.35. The van der Waals surface area contributed by atoms with Gasteiger partial charge in [0.2, 0.25) is 6.08 Å². The Balaban J connectivity index is 1.93. The standard InChI is InChI=1S/C14H18N2O/c1-12-9-14(15-11-17)7-8-16(12)10-13-5-3-2-4-6-13/h2-6,12,14H,7-10H2,1H3. The maximum atomic E-state index is 10.2. The Morgan fingerprint density at radius 2 is 2.18 bits per heavy atom. The summed E-state index contributed by atoms with van der Waals surface area (Å²) < 4.78 is 0. The summed E-state index contributed by atoms with van der Waals surface area (Å²) in [5, 5.41) is 0. The minimum absolute atomic E-state index is 0.175. The van der Waals surface area contributed by atoms with Gasteiger partial charge in [0.1, 0.15) is 0 Å². The summed E-state index contributed by atoms with van der Waals surface area (Å²) in [6, 6.07) is 11.1. The lowest BCUT2D eigenvalue weighted by molar-refractivity contribution is 0.140. The van der Waals surface area contributed by atoms with E-state index in [2.05, 4.69) is 41.1 Å². The van der Waals surface area contributed by atoms with Crippen LogP contribution in [0.1, 0.15) is 25.3 Å². The van der Waals surface area contributed by atoms with Gasteiger partial charge in [-0.3, -0.25) is 4.90 Å². The van der Waals surface area contributed by atoms with Gasteiger partial charge < -0.3 is 0 Å². The second kappa shape index (κ2) is 5.76. The molecule has 3 heteroatoms. The van der Waals surface area contributed by atoms with E-state index in [0.717, 1.165) is 25.9 Å². The number of rotatable bonds is 3. The van der Waals surface area contributed by atoms with Crippen LogP contribution in [0.2, 0.25) is 0 Å². The van der Waals surface area contributed by atoms with Crippen LogP contribution in [-0.4, -0.2) is 29.6 Å². The number of carbonyl (C=O) groups excluding carboxylic acids is 1. The maximum absolute atomic E-state index is 10.2. The number of benzene rings is 1. The van der Waals surface area contributed by atoms with Crippen LogP contribution < -0.4 is 0 Å². The lowest BCUT2D eigenvalue weighted by atomic mass is 9.98. The molecule has 2 atom stereocenters. The molecule has 17 heavy (non-hydrogen) atoms. The first-order valence-corrected chi connectivity index (χ1v) is 6.14. The largest absolute Gasteiger partial charge is 0.296 e. The average molecular weight is 230 g/mol. The highest BCUT2D eigenvalue weighted by Crippen LogP contribution is 2.21. The van der Waals surface area contributed by atoms with Crippen LogP contribution in [0.15, 0.2) is 35.3 Å². The quantitative estimate of drug-likeness (QED) is 0.590. The molecule has 3 nitrogen and oxygen atoms in total. The first-order valence-electron chi connectivity index (χ1n) is 6.14. The minimum Gasteiger partial charge on any atom is -0.296 e. The molecule has 0 spiro atoms. The molecule has 0 saturated carbocycles. The fourth-order valence-corrected chi connectivity index (χ4v) is 2.44. The zero-order valence-corrected chi connectivity index (χ0v) is 10.2. The number of hydrogen-bond acceptors (Lipinski definition) is 3. The topological polar surface area (TPSA) is 32.7 Å². The van der Waals surface area contributed by atoms with Crippen molar-refractivity contribution in [3.05, 3.63) is 35.9 Å². The van der Waals surface area contributed by atoms with E-state index in [1.807, 2.05) is 6.07 Å². The number of likely N-dealkylation sites (tertiary alicyclic amines) is 1. The van der Waals surface area contributed by atoms with Gasteiger partial charge in [0.15, 0.2) is 0 Å². The number of isocyanates is 1. The molecule has 0 N–H and O–H groups in total. The van der Waals surface area contributed by atoms with Gasteiger partial charge in [0, 0.05) is 19.1 Å². The first-order chi connectivity index (χ1) is 8.29. The zero-order chi connectivity index (χ0) is 12.1. The van der Waals surface area contributed by atoms with E-state index in [0.29, 0.717) is 6.04 Å². The van der Waals surface area contributed by atoms with Crippen molar-refractivity contribution in [2.75, 3.05) is 6.54 Å². The molecule has 0 bridgehead atoms. The van der Waals surface area contributed by atoms with Crippen molar-refractivity contribution in [2.24, 2.45) is 4.99 Å². The Morgan fingerprint density at radius 3 is 2.82 bits per heavy atom. The van der Waals surface area contributed by atoms with Crippen LogP contribution in [0.4, 0.5) is 0 Å². The van der Waals surface area contributed by atoms with Gasteiger partial charge >= 0.3 is 0 Å². The Morgan fingerprint density at radius 1 is 1.41 bits per heavy atom. The third-order valence-corrected chi connectivity index (χ3v) is 3.45. The van der Waals surface area contributed by atoms with E-state index < -0.39 is 0 Å². The average Bonchev–Trinajstić information content (AvgIpc) is 2.34. The van der Waals surface area contributed by atoms with E-state index in [4.69, 9.17) is 0 Å². The normalized spacial score (nSPS) is 25.2. The Labute approximate surface area is 102 Å². The van der Waals surface area contributed by atoms with Gasteiger partial charge in [-0.1, -0.05) is 30.3 Å². The summed E-state index contributed by atoms with van der Waals surface area (Å²) in [5.41, 5.74) is 1.34. The highest BCUT2D eigenvalue weighted by Gasteiger charge is 2.24. The molecule has 2 unspecified atom stereocenters. The van der Waals surface area contributed by atoms with Gasteiger partial charge in [-0.25, -0.2) is 9.79 Å². The van der Waals surface area contributed by atoms with E-state index in [1.165, 1.54) is 5.56 Å². The molecule has 1 aromatic carbocycles. The molecule has 90 valence electrons. The molecular formula is C14H18N2O. The summed E-state index contributed by atoms with van der Waals surface area (Å²) in [7, 11) is 0. The number of aliphatic imine (C=N–C) groups is 1. The minimum atomic E-state index is 0.175. The van der Waals surface area contributed by atoms with Crippen LogP contribution in [0, 0.1) is 0 Å². The molecule has 2 rings (SSSR count). The second-order valence-electron chi connectivity index (χ2n) is 4.70. The zero-order valence-electron chi connectivity index (χ0n) is 10.2. The van der Waals surface area contributed by atoms with Crippen LogP contribution >= 0.6 is 0 Å². The molecule has 1 heterocycles. The maximum Gasteiger partial charge on any atom is 0.235 e. The lowest BCUT2D eigenvalue weighted by Crippen LogP contribution is -2.41. The van der Waals surface area contributed by atoms with Gasteiger partial charge in [-0.2, -0.15) is 0 Å². The summed E-state index contributed by atoms with van der Waals surface area (Å²) in [4.78, 5) is 16.5. The third kappa shape index (κ3) is 3.26. The molecule has 0 radical (unpaired) electrons. The number of piperidine rings is 1. The highest BCUT2D eigenvalue weighted by molar-refractivity contribution is 5.33. The van der Waals surface area contributed by atoms with Crippen molar-refractivity contribution >= 4 is 6.08 Å². The van der Waals surface area contributed by atoms with E-state index in [1.54, 1.807) is 6.08 Å². The second-order valence-corrected chi connectivity index (χ2v) is 4.70. The molecular weight excluding hydrogens is 212 g/mol. The molecule has 1 aromatic rings. The van der Waals surface area contributed by atoms with Crippen molar-refractivity contribution in [1.82, 2.24) is 4.90 Å². The summed E-state index contributed by atoms with van der Waals surface area (Å²) >= 11 is 0. The van der Waals surface area contributed by atoms with Crippen molar-refractivity contribution in [3.63, 3.8) is 0 Å². The Hall–Kier alpha value is -1.44. The molecule has 0 aromatic heterocycles. The van der Waals surface area contributed by atoms with Crippen LogP contribution in [0.3, 0.4) is 0 Å². The summed E-state index contributed by atoms with van der Waals surface area (Å²) in [6.45, 7) is 4.20. The monoisotopic (exact) mass is 230 g/mol. The molecule has 1 fully saturated rings. The fourth-order valence-electron chi connectivity index (χ4n) is 2.44. The fraction of sp³-hybridized carbons (Fsp3) is 0.500. The summed E-state index contributed by atoms with van der Waals surface area (Å²) in [5.74, 6) is 0. The first kappa shape index (κ1) is 12.0. The van der Waals surface area contributed by atoms with Gasteiger partial charge in [-0.05, 0) is 25.3 Å². The van der Waals surface area contributed by atoms with Gasteiger partial charge in [0.05, 0.1) is 6.04 Å². The van der Waals surface area contributed by atoms with Gasteiger partial charge in [-0.15, -0.1) is 0 Å². The van der Waals surface area contributed by atoms with E-state index >= 15 is 0 Å². The van der Waals surface area contributed by atoms with Crippen LogP contribution in [0.5, 0.6) is 0 Å². The third-order valence-electron chi connectivity index (χ3n) is 3.45. The van der Waals surface area contributed by atoms with Crippen molar-refractivity contribution in [3.8, 4) is 0 Å². The highest BCUT2D eigenvalue weighted by atomic mass is 16.1. The number of hydrogen-bond donors (Lipinski definition) is 0. The van der Waals surface area contributed by atoms with Gasteiger partial charge in [0.25, 0.3) is 0 Å². The van der Waals surface area contributed by atoms with Crippen molar-refractivity contribution in [1.29, 1.82) is 0 Å². The molecule has 1 saturated heterocycles. The van der Waals surface area contributed by atoms with Crippen molar-refractivity contribution in [2.45, 2.75) is 38.4 Å². The van der Waals surface area contributed by atoms with Crippen molar-refractivity contribution < 1.29 is 4.79 Å². The predicted molar refractivity (Wildman–Crippen MR) is 67.5 cm³/mol. The number of nitrogens with zero attached hydrogens (tertiary/aromatic N) is 2. The molecule has 1 aliphatic heterocycles. The Bertz CT molecular complexity index is 398. The van der Waals surface area contributed by atoms with E-state index in [-0.39, 0.29) is 6.04 Å². The molecule has 0 aliphatic carbocycles. The van der Waals surface area contributed by atoms with E-state index in [9.17, 15) is 4.79 Å². The van der Waals surface area contributed by atoms with Crippen LogP contribution in [0.25, 0.3) is 0 Å². The smallest absolute Gasteiger partial charge is 0.235 e. The summed E-state index contributed by atoms with van der Waals surface area (Å²) in [6.07, 6.45) is 3.60. The molecule has 0 amide bonds. The Kier molecular flexibility index (Phi) is 4.08. The SMILES string of the molecule is CC1CC(N=C=O)CCN1Cc1ccccc1. The predicted octanol–water partition coefficient (Wildman–Crippen LogP) is 2.38. The molecule has 1 aliphatic rings.